The largest absolute Gasteiger partial charge is 0.497 e. The normalized spacial score (nSPS) is 10.9. The van der Waals surface area contributed by atoms with Gasteiger partial charge in [-0.15, -0.1) is 16.8 Å². The van der Waals surface area contributed by atoms with Gasteiger partial charge in [-0.3, -0.25) is 9.36 Å². The molecule has 29 heavy (non-hydrogen) atoms. The minimum atomic E-state index is -0.128. The van der Waals surface area contributed by atoms with Crippen LogP contribution in [0.15, 0.2) is 54.3 Å². The molecule has 0 atom stereocenters. The van der Waals surface area contributed by atoms with Crippen molar-refractivity contribution in [1.29, 1.82) is 0 Å². The quantitative estimate of drug-likeness (QED) is 0.426. The monoisotopic (exact) mass is 412 g/mol. The Morgan fingerprint density at radius 2 is 2.03 bits per heavy atom. The number of amides is 1. The highest BCUT2D eigenvalue weighted by atomic mass is 32.2. The van der Waals surface area contributed by atoms with Gasteiger partial charge in [0, 0.05) is 24.2 Å². The molecule has 0 spiro atoms. The highest BCUT2D eigenvalue weighted by Crippen LogP contribution is 2.26. The number of methoxy groups -OCH3 is 1. The molecular formula is C20H24N6O2S. The molecule has 0 bridgehead atoms. The topological polar surface area (TPSA) is 86.9 Å². The molecular weight excluding hydrogens is 388 g/mol. The van der Waals surface area contributed by atoms with Crippen molar-refractivity contribution in [3.63, 3.8) is 0 Å². The first kappa shape index (κ1) is 20.7. The van der Waals surface area contributed by atoms with Gasteiger partial charge in [-0.2, -0.15) is 5.10 Å². The van der Waals surface area contributed by atoms with E-state index in [4.69, 9.17) is 4.74 Å². The molecule has 3 rings (SSSR count). The molecule has 0 radical (unpaired) electrons. The highest BCUT2D eigenvalue weighted by molar-refractivity contribution is 7.99. The van der Waals surface area contributed by atoms with Crippen LogP contribution in [0, 0.1) is 0 Å². The number of rotatable bonds is 9. The molecule has 1 amide bonds. The molecule has 0 aliphatic carbocycles. The van der Waals surface area contributed by atoms with E-state index < -0.39 is 0 Å². The highest BCUT2D eigenvalue weighted by Gasteiger charge is 2.16. The Labute approximate surface area is 174 Å². The molecule has 2 aromatic heterocycles. The third kappa shape index (κ3) is 4.86. The van der Waals surface area contributed by atoms with E-state index >= 15 is 0 Å². The molecule has 0 saturated carbocycles. The van der Waals surface area contributed by atoms with Gasteiger partial charge < -0.3 is 10.1 Å². The summed E-state index contributed by atoms with van der Waals surface area (Å²) in [7, 11) is 1.63. The van der Waals surface area contributed by atoms with Crippen LogP contribution in [-0.4, -0.2) is 43.3 Å². The number of ether oxygens (including phenoxy) is 1. The van der Waals surface area contributed by atoms with Crippen LogP contribution in [0.1, 0.15) is 19.9 Å². The first-order chi connectivity index (χ1) is 14.0. The molecule has 9 heteroatoms. The minimum Gasteiger partial charge on any atom is -0.497 e. The number of hydrogen-bond donors (Lipinski definition) is 1. The number of thioether (sulfide) groups is 1. The van der Waals surface area contributed by atoms with Gasteiger partial charge in [0.1, 0.15) is 11.6 Å². The lowest BCUT2D eigenvalue weighted by Crippen LogP contribution is -2.18. The zero-order valence-corrected chi connectivity index (χ0v) is 17.5. The molecule has 0 aliphatic heterocycles. The first-order valence-electron chi connectivity index (χ1n) is 9.18. The van der Waals surface area contributed by atoms with Crippen molar-refractivity contribution in [1.82, 2.24) is 24.5 Å². The van der Waals surface area contributed by atoms with Crippen molar-refractivity contribution in [3.8, 4) is 17.1 Å². The lowest BCUT2D eigenvalue weighted by Gasteiger charge is -2.12. The summed E-state index contributed by atoms with van der Waals surface area (Å²) < 4.78 is 8.91. The summed E-state index contributed by atoms with van der Waals surface area (Å²) in [5, 5.41) is 16.4. The lowest BCUT2D eigenvalue weighted by atomic mass is 10.2. The predicted octanol–water partition coefficient (Wildman–Crippen LogP) is 3.65. The maximum Gasteiger partial charge on any atom is 0.235 e. The summed E-state index contributed by atoms with van der Waals surface area (Å²) in [6.07, 6.45) is 3.45. The second-order valence-electron chi connectivity index (χ2n) is 6.53. The first-order valence-corrected chi connectivity index (χ1v) is 10.2. The zero-order valence-electron chi connectivity index (χ0n) is 16.7. The fourth-order valence-corrected chi connectivity index (χ4v) is 3.52. The van der Waals surface area contributed by atoms with E-state index in [0.29, 0.717) is 23.3 Å². The van der Waals surface area contributed by atoms with E-state index in [0.717, 1.165) is 11.3 Å². The average molecular weight is 413 g/mol. The summed E-state index contributed by atoms with van der Waals surface area (Å²) in [6, 6.07) is 9.55. The SMILES string of the molecule is C=CCn1c(SCC(=O)Nc2ccnn2C(C)C)nnc1-c1ccc(OC)cc1. The molecule has 2 heterocycles. The Hall–Kier alpha value is -3.07. The van der Waals surface area contributed by atoms with Gasteiger partial charge in [0.2, 0.25) is 5.91 Å². The molecule has 1 N–H and O–H groups in total. The van der Waals surface area contributed by atoms with Crippen molar-refractivity contribution in [2.45, 2.75) is 31.6 Å². The second kappa shape index (κ2) is 9.42. The van der Waals surface area contributed by atoms with Gasteiger partial charge in [-0.1, -0.05) is 17.8 Å². The fourth-order valence-electron chi connectivity index (χ4n) is 2.78. The number of carbonyl (C=O) groups is 1. The van der Waals surface area contributed by atoms with E-state index in [2.05, 4.69) is 27.2 Å². The van der Waals surface area contributed by atoms with E-state index in [1.165, 1.54) is 11.8 Å². The van der Waals surface area contributed by atoms with Crippen LogP contribution in [0.3, 0.4) is 0 Å². The number of benzene rings is 1. The summed E-state index contributed by atoms with van der Waals surface area (Å²) in [5.74, 6) is 2.25. The molecule has 1 aromatic carbocycles. The predicted molar refractivity (Wildman–Crippen MR) is 114 cm³/mol. The van der Waals surface area contributed by atoms with Crippen molar-refractivity contribution in [2.24, 2.45) is 0 Å². The van der Waals surface area contributed by atoms with Crippen molar-refractivity contribution in [2.75, 3.05) is 18.2 Å². The number of hydrogen-bond acceptors (Lipinski definition) is 6. The smallest absolute Gasteiger partial charge is 0.235 e. The Morgan fingerprint density at radius 1 is 1.28 bits per heavy atom. The van der Waals surface area contributed by atoms with Crippen molar-refractivity contribution < 1.29 is 9.53 Å². The molecule has 8 nitrogen and oxygen atoms in total. The average Bonchev–Trinajstić information content (AvgIpc) is 3.34. The van der Waals surface area contributed by atoms with Gasteiger partial charge in [0.15, 0.2) is 11.0 Å². The van der Waals surface area contributed by atoms with E-state index in [1.807, 2.05) is 42.7 Å². The number of carbonyl (C=O) groups excluding carboxylic acids is 1. The van der Waals surface area contributed by atoms with Gasteiger partial charge >= 0.3 is 0 Å². The molecule has 0 aliphatic rings. The van der Waals surface area contributed by atoms with Gasteiger partial charge in [-0.25, -0.2) is 4.68 Å². The van der Waals surface area contributed by atoms with E-state index in [9.17, 15) is 4.79 Å². The number of nitrogens with one attached hydrogen (secondary N) is 1. The molecule has 3 aromatic rings. The number of allylic oxidation sites excluding steroid dienone is 1. The Bertz CT molecular complexity index is 977. The fraction of sp³-hybridized carbons (Fsp3) is 0.300. The van der Waals surface area contributed by atoms with Crippen LogP contribution in [-0.2, 0) is 11.3 Å². The number of nitrogens with zero attached hydrogens (tertiary/aromatic N) is 5. The van der Waals surface area contributed by atoms with Crippen molar-refractivity contribution in [3.05, 3.63) is 49.2 Å². The molecule has 0 fully saturated rings. The van der Waals surface area contributed by atoms with Crippen molar-refractivity contribution >= 4 is 23.5 Å². The molecule has 152 valence electrons. The Morgan fingerprint density at radius 3 is 2.69 bits per heavy atom. The summed E-state index contributed by atoms with van der Waals surface area (Å²) in [4.78, 5) is 12.4. The van der Waals surface area contributed by atoms with E-state index in [1.54, 1.807) is 30.1 Å². The Balaban J connectivity index is 1.71. The molecule has 0 saturated heterocycles. The zero-order chi connectivity index (χ0) is 20.8. The van der Waals surface area contributed by atoms with Crippen LogP contribution in [0.4, 0.5) is 5.82 Å². The number of anilines is 1. The van der Waals surface area contributed by atoms with Crippen LogP contribution in [0.2, 0.25) is 0 Å². The minimum absolute atomic E-state index is 0.128. The van der Waals surface area contributed by atoms with Gasteiger partial charge in [0.25, 0.3) is 0 Å². The maximum absolute atomic E-state index is 12.4. The summed E-state index contributed by atoms with van der Waals surface area (Å²) in [5.41, 5.74) is 0.914. The molecule has 0 unspecified atom stereocenters. The summed E-state index contributed by atoms with van der Waals surface area (Å²) in [6.45, 7) is 8.38. The Kier molecular flexibility index (Phi) is 6.71. The standard InChI is InChI=1S/C20H24N6O2S/c1-5-12-25-19(15-6-8-16(28-4)9-7-15)23-24-20(25)29-13-18(27)22-17-10-11-21-26(17)14(2)3/h5-11,14H,1,12-13H2,2-4H3,(H,22,27). The van der Waals surface area contributed by atoms with Crippen LogP contribution < -0.4 is 10.1 Å². The number of aromatic nitrogens is 5. The van der Waals surface area contributed by atoms with Crippen LogP contribution in [0.25, 0.3) is 11.4 Å². The van der Waals surface area contributed by atoms with Crippen LogP contribution in [0.5, 0.6) is 5.75 Å². The van der Waals surface area contributed by atoms with Gasteiger partial charge in [-0.05, 0) is 38.1 Å². The van der Waals surface area contributed by atoms with E-state index in [-0.39, 0.29) is 17.7 Å². The second-order valence-corrected chi connectivity index (χ2v) is 7.47. The lowest BCUT2D eigenvalue weighted by molar-refractivity contribution is -0.113. The summed E-state index contributed by atoms with van der Waals surface area (Å²) >= 11 is 1.33. The maximum atomic E-state index is 12.4. The van der Waals surface area contributed by atoms with Gasteiger partial charge in [0.05, 0.1) is 19.1 Å². The van der Waals surface area contributed by atoms with Crippen LogP contribution >= 0.6 is 11.8 Å². The third-order valence-electron chi connectivity index (χ3n) is 4.14. The third-order valence-corrected chi connectivity index (χ3v) is 5.10.